The van der Waals surface area contributed by atoms with Crippen molar-refractivity contribution in [1.29, 1.82) is 0 Å². The van der Waals surface area contributed by atoms with E-state index in [1.54, 1.807) is 18.3 Å². The van der Waals surface area contributed by atoms with Crippen LogP contribution < -0.4 is 5.32 Å². The number of carbonyl (C=O) groups excluding carboxylic acids is 1. The first-order valence-corrected chi connectivity index (χ1v) is 5.70. The van der Waals surface area contributed by atoms with Gasteiger partial charge in [-0.25, -0.2) is 4.98 Å². The Kier molecular flexibility index (Phi) is 3.81. The molecule has 0 fully saturated rings. The minimum Gasteiger partial charge on any atom is -0.350 e. The predicted molar refractivity (Wildman–Crippen MR) is 62.3 cm³/mol. The summed E-state index contributed by atoms with van der Waals surface area (Å²) >= 11 is 3.26. The zero-order valence-corrected chi connectivity index (χ0v) is 10.3. The molecule has 0 radical (unpaired) electrons. The molecular formula is C10H9BrN4O2. The summed E-state index contributed by atoms with van der Waals surface area (Å²) in [6, 6.07) is 3.52. The smallest absolute Gasteiger partial charge is 0.271 e. The highest BCUT2D eigenvalue weighted by molar-refractivity contribution is 9.10. The van der Waals surface area contributed by atoms with E-state index in [-0.39, 0.29) is 5.91 Å². The lowest BCUT2D eigenvalue weighted by molar-refractivity contribution is 0.0948. The van der Waals surface area contributed by atoms with Gasteiger partial charge in [0.05, 0.1) is 0 Å². The Labute approximate surface area is 106 Å². The van der Waals surface area contributed by atoms with Crippen LogP contribution in [0.1, 0.15) is 16.3 Å². The number of hydrogen-bond donors (Lipinski definition) is 1. The minimum absolute atomic E-state index is 0.235. The highest BCUT2D eigenvalue weighted by Crippen LogP contribution is 2.12. The van der Waals surface area contributed by atoms with Crippen molar-refractivity contribution in [3.63, 3.8) is 0 Å². The lowest BCUT2D eigenvalue weighted by Crippen LogP contribution is -2.27. The van der Waals surface area contributed by atoms with Crippen molar-refractivity contribution in [1.82, 2.24) is 20.4 Å². The maximum Gasteiger partial charge on any atom is 0.271 e. The Morgan fingerprint density at radius 3 is 3.06 bits per heavy atom. The number of nitrogens with zero attached hydrogens (tertiary/aromatic N) is 3. The Morgan fingerprint density at radius 1 is 1.47 bits per heavy atom. The lowest BCUT2D eigenvalue weighted by atomic mass is 10.3. The van der Waals surface area contributed by atoms with Crippen LogP contribution in [0.4, 0.5) is 0 Å². The van der Waals surface area contributed by atoms with Crippen LogP contribution in [0.3, 0.4) is 0 Å². The van der Waals surface area contributed by atoms with Crippen molar-refractivity contribution < 1.29 is 9.32 Å². The summed E-state index contributed by atoms with van der Waals surface area (Å²) in [6.07, 6.45) is 3.35. The molecule has 2 heterocycles. The number of pyridine rings is 1. The van der Waals surface area contributed by atoms with E-state index < -0.39 is 0 Å². The molecule has 0 aliphatic carbocycles. The SMILES string of the molecule is O=C(NCCc1ncon1)c1ncccc1Br. The van der Waals surface area contributed by atoms with Gasteiger partial charge in [-0.05, 0) is 28.1 Å². The molecule has 0 bridgehead atoms. The zero-order chi connectivity index (χ0) is 12.1. The molecule has 1 N–H and O–H groups in total. The van der Waals surface area contributed by atoms with E-state index in [0.29, 0.717) is 29.0 Å². The number of amides is 1. The second-order valence-corrected chi connectivity index (χ2v) is 4.04. The maximum atomic E-state index is 11.7. The monoisotopic (exact) mass is 296 g/mol. The van der Waals surface area contributed by atoms with E-state index >= 15 is 0 Å². The quantitative estimate of drug-likeness (QED) is 0.917. The number of halogens is 1. The fraction of sp³-hybridized carbons (Fsp3) is 0.200. The number of nitrogens with one attached hydrogen (secondary N) is 1. The van der Waals surface area contributed by atoms with Crippen molar-refractivity contribution in [3.05, 3.63) is 40.7 Å². The molecule has 0 spiro atoms. The minimum atomic E-state index is -0.235. The average molecular weight is 297 g/mol. The number of hydrogen-bond acceptors (Lipinski definition) is 5. The molecule has 7 heteroatoms. The molecule has 0 unspecified atom stereocenters. The molecule has 2 aromatic rings. The van der Waals surface area contributed by atoms with Gasteiger partial charge in [-0.3, -0.25) is 4.79 Å². The molecule has 6 nitrogen and oxygen atoms in total. The summed E-state index contributed by atoms with van der Waals surface area (Å²) in [4.78, 5) is 19.6. The van der Waals surface area contributed by atoms with Crippen molar-refractivity contribution in [2.75, 3.05) is 6.54 Å². The van der Waals surface area contributed by atoms with Crippen LogP contribution in [0.15, 0.2) is 33.7 Å². The Bertz CT molecular complexity index is 501. The summed E-state index contributed by atoms with van der Waals surface area (Å²) in [5, 5.41) is 6.37. The van der Waals surface area contributed by atoms with Gasteiger partial charge in [0.15, 0.2) is 5.82 Å². The summed E-state index contributed by atoms with van der Waals surface area (Å²) in [5.41, 5.74) is 0.362. The summed E-state index contributed by atoms with van der Waals surface area (Å²) in [6.45, 7) is 0.432. The van der Waals surface area contributed by atoms with E-state index in [1.165, 1.54) is 6.39 Å². The number of aromatic nitrogens is 3. The van der Waals surface area contributed by atoms with Gasteiger partial charge in [0.25, 0.3) is 5.91 Å². The normalized spacial score (nSPS) is 10.2. The van der Waals surface area contributed by atoms with E-state index in [9.17, 15) is 4.79 Å². The molecule has 2 rings (SSSR count). The van der Waals surface area contributed by atoms with Gasteiger partial charge in [-0.15, -0.1) is 0 Å². The standard InChI is InChI=1S/C10H9BrN4O2/c11-7-2-1-4-12-9(7)10(16)13-5-3-8-14-6-17-15-8/h1-2,4,6H,3,5H2,(H,13,16). The van der Waals surface area contributed by atoms with Gasteiger partial charge in [-0.1, -0.05) is 5.16 Å². The Balaban J connectivity index is 1.88. The van der Waals surface area contributed by atoms with Crippen LogP contribution in [0.2, 0.25) is 0 Å². The average Bonchev–Trinajstić information content (AvgIpc) is 2.82. The topological polar surface area (TPSA) is 80.9 Å². The molecule has 0 aromatic carbocycles. The van der Waals surface area contributed by atoms with Crippen LogP contribution in [0.5, 0.6) is 0 Å². The molecule has 0 atom stereocenters. The van der Waals surface area contributed by atoms with Crippen LogP contribution in [-0.2, 0) is 6.42 Å². The van der Waals surface area contributed by atoms with E-state index in [4.69, 9.17) is 0 Å². The van der Waals surface area contributed by atoms with Crippen molar-refractivity contribution in [3.8, 4) is 0 Å². The lowest BCUT2D eigenvalue weighted by Gasteiger charge is -2.04. The zero-order valence-electron chi connectivity index (χ0n) is 8.76. The molecule has 0 saturated heterocycles. The van der Waals surface area contributed by atoms with Gasteiger partial charge in [0, 0.05) is 23.6 Å². The number of carbonyl (C=O) groups is 1. The fourth-order valence-corrected chi connectivity index (χ4v) is 1.66. The van der Waals surface area contributed by atoms with Gasteiger partial charge < -0.3 is 9.84 Å². The molecule has 17 heavy (non-hydrogen) atoms. The molecule has 88 valence electrons. The van der Waals surface area contributed by atoms with Crippen LogP contribution in [0, 0.1) is 0 Å². The molecule has 1 amide bonds. The second-order valence-electron chi connectivity index (χ2n) is 3.19. The van der Waals surface area contributed by atoms with Crippen molar-refractivity contribution >= 4 is 21.8 Å². The Morgan fingerprint density at radius 2 is 2.35 bits per heavy atom. The number of rotatable bonds is 4. The fourth-order valence-electron chi connectivity index (χ4n) is 1.23. The largest absolute Gasteiger partial charge is 0.350 e. The van der Waals surface area contributed by atoms with Crippen LogP contribution in [-0.4, -0.2) is 27.6 Å². The highest BCUT2D eigenvalue weighted by Gasteiger charge is 2.10. The van der Waals surface area contributed by atoms with Gasteiger partial charge >= 0.3 is 0 Å². The maximum absolute atomic E-state index is 11.7. The second kappa shape index (κ2) is 5.53. The first-order valence-electron chi connectivity index (χ1n) is 4.91. The first-order chi connectivity index (χ1) is 8.27. The third-order valence-electron chi connectivity index (χ3n) is 2.01. The molecule has 2 aromatic heterocycles. The van der Waals surface area contributed by atoms with Gasteiger partial charge in [0.2, 0.25) is 6.39 Å². The summed E-state index contributed by atoms with van der Waals surface area (Å²) < 4.78 is 5.25. The van der Waals surface area contributed by atoms with Crippen molar-refractivity contribution in [2.24, 2.45) is 0 Å². The third kappa shape index (κ3) is 3.10. The summed E-state index contributed by atoms with van der Waals surface area (Å²) in [5.74, 6) is 0.325. The van der Waals surface area contributed by atoms with Gasteiger partial charge in [0.1, 0.15) is 5.69 Å². The van der Waals surface area contributed by atoms with E-state index in [0.717, 1.165) is 0 Å². The van der Waals surface area contributed by atoms with Crippen LogP contribution in [0.25, 0.3) is 0 Å². The Hall–Kier alpha value is -1.76. The predicted octanol–water partition coefficient (Wildman–Crippen LogP) is 1.20. The van der Waals surface area contributed by atoms with E-state index in [1.807, 2.05) is 0 Å². The highest BCUT2D eigenvalue weighted by atomic mass is 79.9. The molecule has 0 saturated carbocycles. The molecule has 0 aliphatic heterocycles. The van der Waals surface area contributed by atoms with E-state index in [2.05, 4.69) is 40.9 Å². The first kappa shape index (κ1) is 11.7. The van der Waals surface area contributed by atoms with Crippen molar-refractivity contribution in [2.45, 2.75) is 6.42 Å². The van der Waals surface area contributed by atoms with Gasteiger partial charge in [-0.2, -0.15) is 4.98 Å². The van der Waals surface area contributed by atoms with Crippen LogP contribution >= 0.6 is 15.9 Å². The molecule has 0 aliphatic rings. The molecular weight excluding hydrogens is 288 g/mol. The third-order valence-corrected chi connectivity index (χ3v) is 2.65. The summed E-state index contributed by atoms with van der Waals surface area (Å²) in [7, 11) is 0.